The van der Waals surface area contributed by atoms with Crippen LogP contribution in [0.1, 0.15) is 10.4 Å². The van der Waals surface area contributed by atoms with Gasteiger partial charge in [0.05, 0.1) is 16.1 Å². The molecule has 1 aromatic heterocycles. The van der Waals surface area contributed by atoms with Crippen molar-refractivity contribution < 1.29 is 4.79 Å². The van der Waals surface area contributed by atoms with Crippen LogP contribution in [0.2, 0.25) is 5.02 Å². The third-order valence-electron chi connectivity index (χ3n) is 2.91. The average Bonchev–Trinajstić information content (AvgIpc) is 2.50. The van der Waals surface area contributed by atoms with Crippen LogP contribution in [-0.4, -0.2) is 15.9 Å². The molecule has 0 saturated heterocycles. The van der Waals surface area contributed by atoms with Gasteiger partial charge in [-0.2, -0.15) is 0 Å². The minimum Gasteiger partial charge on any atom is -0.322 e. The number of halogens is 2. The van der Waals surface area contributed by atoms with E-state index in [9.17, 15) is 4.79 Å². The number of amides is 1. The van der Waals surface area contributed by atoms with Crippen LogP contribution in [0.3, 0.4) is 0 Å². The summed E-state index contributed by atoms with van der Waals surface area (Å²) in [5.74, 6) is -0.221. The molecule has 0 radical (unpaired) electrons. The fourth-order valence-electron chi connectivity index (χ4n) is 1.88. The van der Waals surface area contributed by atoms with Crippen LogP contribution in [-0.2, 0) is 0 Å². The molecule has 0 aliphatic carbocycles. The number of hydrogen-bond acceptors (Lipinski definition) is 3. The summed E-state index contributed by atoms with van der Waals surface area (Å²) in [7, 11) is 0. The van der Waals surface area contributed by atoms with E-state index in [4.69, 9.17) is 11.6 Å². The number of nitrogens with one attached hydrogen (secondary N) is 1. The van der Waals surface area contributed by atoms with E-state index in [1.807, 2.05) is 0 Å². The topological polar surface area (TPSA) is 54.9 Å². The van der Waals surface area contributed by atoms with E-state index in [1.165, 1.54) is 0 Å². The Morgan fingerprint density at radius 3 is 2.57 bits per heavy atom. The molecule has 3 aromatic rings. The van der Waals surface area contributed by atoms with Crippen molar-refractivity contribution in [3.05, 3.63) is 63.9 Å². The summed E-state index contributed by atoms with van der Waals surface area (Å²) in [4.78, 5) is 20.6. The molecule has 2 aromatic carbocycles. The average molecular weight is 363 g/mol. The Morgan fingerprint density at radius 2 is 1.81 bits per heavy atom. The van der Waals surface area contributed by atoms with Crippen molar-refractivity contribution in [2.45, 2.75) is 0 Å². The van der Waals surface area contributed by atoms with E-state index >= 15 is 0 Å². The summed E-state index contributed by atoms with van der Waals surface area (Å²) in [6.45, 7) is 0. The number of carbonyl (C=O) groups is 1. The first-order valence-corrected chi connectivity index (χ1v) is 7.28. The van der Waals surface area contributed by atoms with E-state index in [2.05, 4.69) is 31.2 Å². The number of anilines is 1. The molecule has 1 amide bonds. The number of aromatic nitrogens is 2. The molecule has 1 N–H and O–H groups in total. The van der Waals surface area contributed by atoms with Gasteiger partial charge in [0.1, 0.15) is 0 Å². The largest absolute Gasteiger partial charge is 0.322 e. The maximum Gasteiger partial charge on any atom is 0.255 e. The van der Waals surface area contributed by atoms with Gasteiger partial charge in [-0.3, -0.25) is 14.8 Å². The first-order chi connectivity index (χ1) is 10.1. The number of fused-ring (bicyclic) bond motifs is 1. The van der Waals surface area contributed by atoms with Gasteiger partial charge < -0.3 is 5.32 Å². The second kappa shape index (κ2) is 5.79. The maximum absolute atomic E-state index is 12.2. The monoisotopic (exact) mass is 361 g/mol. The van der Waals surface area contributed by atoms with Crippen LogP contribution >= 0.6 is 27.5 Å². The standard InChI is InChI=1S/C15H9BrClN3O/c16-11-3-2-10(8-12(11)17)20-15(21)9-1-4-13-14(7-9)19-6-5-18-13/h1-8H,(H,20,21). The van der Waals surface area contributed by atoms with E-state index in [-0.39, 0.29) is 5.91 Å². The van der Waals surface area contributed by atoms with E-state index in [1.54, 1.807) is 48.8 Å². The van der Waals surface area contributed by atoms with Gasteiger partial charge in [0, 0.05) is 28.1 Å². The lowest BCUT2D eigenvalue weighted by molar-refractivity contribution is 0.102. The van der Waals surface area contributed by atoms with Crippen molar-refractivity contribution in [1.82, 2.24) is 9.97 Å². The second-order valence-electron chi connectivity index (χ2n) is 4.34. The van der Waals surface area contributed by atoms with E-state index in [0.717, 1.165) is 9.99 Å². The maximum atomic E-state index is 12.2. The third-order valence-corrected chi connectivity index (χ3v) is 4.14. The molecular formula is C15H9BrClN3O. The molecule has 0 aliphatic heterocycles. The zero-order valence-corrected chi connectivity index (χ0v) is 13.0. The lowest BCUT2D eigenvalue weighted by Crippen LogP contribution is -2.11. The van der Waals surface area contributed by atoms with Crippen molar-refractivity contribution in [1.29, 1.82) is 0 Å². The van der Waals surface area contributed by atoms with Crippen molar-refractivity contribution in [2.75, 3.05) is 5.32 Å². The smallest absolute Gasteiger partial charge is 0.255 e. The minimum absolute atomic E-state index is 0.221. The Morgan fingerprint density at radius 1 is 1.05 bits per heavy atom. The van der Waals surface area contributed by atoms with Gasteiger partial charge in [-0.25, -0.2) is 0 Å². The Labute approximate surface area is 134 Å². The molecule has 1 heterocycles. The second-order valence-corrected chi connectivity index (χ2v) is 5.60. The first-order valence-electron chi connectivity index (χ1n) is 6.11. The number of carbonyl (C=O) groups excluding carboxylic acids is 1. The van der Waals surface area contributed by atoms with Crippen molar-refractivity contribution >= 4 is 50.2 Å². The Hall–Kier alpha value is -1.98. The fourth-order valence-corrected chi connectivity index (χ4v) is 2.31. The van der Waals surface area contributed by atoms with Crippen molar-refractivity contribution in [3.63, 3.8) is 0 Å². The first kappa shape index (κ1) is 14.0. The number of nitrogens with zero attached hydrogens (tertiary/aromatic N) is 2. The summed E-state index contributed by atoms with van der Waals surface area (Å²) in [6.07, 6.45) is 3.21. The predicted molar refractivity (Wildman–Crippen MR) is 86.6 cm³/mol. The predicted octanol–water partition coefficient (Wildman–Crippen LogP) is 4.30. The summed E-state index contributed by atoms with van der Waals surface area (Å²) >= 11 is 9.31. The molecule has 0 aliphatic rings. The Bertz CT molecular complexity index is 838. The van der Waals surface area contributed by atoms with Crippen LogP contribution in [0.25, 0.3) is 11.0 Å². The summed E-state index contributed by atoms with van der Waals surface area (Å²) in [6, 6.07) is 10.4. The number of rotatable bonds is 2. The molecule has 4 nitrogen and oxygen atoms in total. The summed E-state index contributed by atoms with van der Waals surface area (Å²) < 4.78 is 0.781. The molecule has 104 valence electrons. The molecule has 0 saturated carbocycles. The third kappa shape index (κ3) is 3.04. The van der Waals surface area contributed by atoms with E-state index in [0.29, 0.717) is 21.8 Å². The van der Waals surface area contributed by atoms with Gasteiger partial charge in [-0.15, -0.1) is 0 Å². The number of hydrogen-bond donors (Lipinski definition) is 1. The Balaban J connectivity index is 1.87. The van der Waals surface area contributed by atoms with E-state index < -0.39 is 0 Å². The SMILES string of the molecule is O=C(Nc1ccc(Br)c(Cl)c1)c1ccc2nccnc2c1. The zero-order chi connectivity index (χ0) is 14.8. The minimum atomic E-state index is -0.221. The van der Waals surface area contributed by atoms with Gasteiger partial charge >= 0.3 is 0 Å². The van der Waals surface area contributed by atoms with Gasteiger partial charge in [0.25, 0.3) is 5.91 Å². The van der Waals surface area contributed by atoms with Gasteiger partial charge in [0.2, 0.25) is 0 Å². The van der Waals surface area contributed by atoms with Gasteiger partial charge in [-0.1, -0.05) is 11.6 Å². The van der Waals surface area contributed by atoms with Crippen LogP contribution in [0.5, 0.6) is 0 Å². The highest BCUT2D eigenvalue weighted by Gasteiger charge is 2.08. The highest BCUT2D eigenvalue weighted by molar-refractivity contribution is 9.10. The van der Waals surface area contributed by atoms with Crippen LogP contribution in [0.4, 0.5) is 5.69 Å². The van der Waals surface area contributed by atoms with Crippen molar-refractivity contribution in [3.8, 4) is 0 Å². The van der Waals surface area contributed by atoms with Gasteiger partial charge in [-0.05, 0) is 52.3 Å². The molecule has 0 unspecified atom stereocenters. The summed E-state index contributed by atoms with van der Waals surface area (Å²) in [5.41, 5.74) is 2.58. The van der Waals surface area contributed by atoms with Crippen LogP contribution in [0.15, 0.2) is 53.3 Å². The highest BCUT2D eigenvalue weighted by Crippen LogP contribution is 2.25. The molecule has 6 heteroatoms. The molecule has 3 rings (SSSR count). The quantitative estimate of drug-likeness (QED) is 0.739. The van der Waals surface area contributed by atoms with Gasteiger partial charge in [0.15, 0.2) is 0 Å². The normalized spacial score (nSPS) is 10.6. The van der Waals surface area contributed by atoms with Crippen molar-refractivity contribution in [2.24, 2.45) is 0 Å². The molecule has 21 heavy (non-hydrogen) atoms. The molecule has 0 atom stereocenters. The lowest BCUT2D eigenvalue weighted by atomic mass is 10.1. The Kier molecular flexibility index (Phi) is 3.86. The molecule has 0 spiro atoms. The molecule has 0 bridgehead atoms. The highest BCUT2D eigenvalue weighted by atomic mass is 79.9. The molecular weight excluding hydrogens is 354 g/mol. The fraction of sp³-hybridized carbons (Fsp3) is 0. The zero-order valence-electron chi connectivity index (χ0n) is 10.7. The molecule has 0 fully saturated rings. The van der Waals surface area contributed by atoms with Crippen LogP contribution < -0.4 is 5.32 Å². The van der Waals surface area contributed by atoms with Crippen LogP contribution in [0, 0.1) is 0 Å². The lowest BCUT2D eigenvalue weighted by Gasteiger charge is -2.07. The summed E-state index contributed by atoms with van der Waals surface area (Å²) in [5, 5.41) is 3.34. The number of benzene rings is 2.